The largest absolute Gasteiger partial charge is 0.454 e. The van der Waals surface area contributed by atoms with Gasteiger partial charge in [-0.25, -0.2) is 4.79 Å². The van der Waals surface area contributed by atoms with E-state index in [-0.39, 0.29) is 18.3 Å². The van der Waals surface area contributed by atoms with Crippen LogP contribution in [0.15, 0.2) is 60.7 Å². The number of fused-ring (bicyclic) bond motifs is 4. The predicted molar refractivity (Wildman–Crippen MR) is 125 cm³/mol. The predicted octanol–water partition coefficient (Wildman–Crippen LogP) is 5.53. The Bertz CT molecular complexity index is 1160. The number of halogens is 1. The highest BCUT2D eigenvalue weighted by Gasteiger charge is 2.44. The van der Waals surface area contributed by atoms with Gasteiger partial charge >= 0.3 is 5.97 Å². The van der Waals surface area contributed by atoms with E-state index in [0.29, 0.717) is 33.9 Å². The van der Waals surface area contributed by atoms with Crippen molar-refractivity contribution in [1.82, 2.24) is 0 Å². The first-order chi connectivity index (χ1) is 15.6. The highest BCUT2D eigenvalue weighted by molar-refractivity contribution is 6.30. The van der Waals surface area contributed by atoms with Crippen LogP contribution >= 0.6 is 11.6 Å². The number of Topliss-reactive ketones (excluding diaryl/α,β-unsaturated/α-hetero) is 1. The van der Waals surface area contributed by atoms with Crippen molar-refractivity contribution in [2.45, 2.75) is 24.7 Å². The average Bonchev–Trinajstić information content (AvgIpc) is 3.47. The van der Waals surface area contributed by atoms with Gasteiger partial charge in [-0.15, -0.1) is 0 Å². The number of rotatable bonds is 4. The lowest BCUT2D eigenvalue weighted by atomic mass is 9.73. The third kappa shape index (κ3) is 3.12. The van der Waals surface area contributed by atoms with Crippen molar-refractivity contribution in [2.24, 2.45) is 11.8 Å². The standard InChI is InChI=1S/C27H24ClNO3/c28-19-9-7-16(8-10-19)24(30)15-32-27(31)23-12-11-22-20-5-1-3-17(20)13-29-14-18-4-2-6-21(18)25(23)26(22)29/h1-2,5-12,17-18,20-21H,3-4,13-15H2/t17-,18+,20+,21-/m1/s1. The number of ketones is 1. The van der Waals surface area contributed by atoms with Crippen molar-refractivity contribution < 1.29 is 14.3 Å². The average molecular weight is 446 g/mol. The number of ether oxygens (including phenoxy) is 1. The van der Waals surface area contributed by atoms with Crippen molar-refractivity contribution >= 4 is 29.0 Å². The van der Waals surface area contributed by atoms with E-state index in [9.17, 15) is 9.59 Å². The van der Waals surface area contributed by atoms with E-state index >= 15 is 0 Å². The van der Waals surface area contributed by atoms with E-state index in [0.717, 1.165) is 31.5 Å². The van der Waals surface area contributed by atoms with E-state index in [2.05, 4.69) is 35.3 Å². The maximum Gasteiger partial charge on any atom is 0.338 e. The zero-order chi connectivity index (χ0) is 21.8. The Morgan fingerprint density at radius 3 is 2.38 bits per heavy atom. The number of esters is 1. The summed E-state index contributed by atoms with van der Waals surface area (Å²) in [5.41, 5.74) is 4.73. The van der Waals surface area contributed by atoms with Gasteiger partial charge in [0.2, 0.25) is 0 Å². The molecule has 2 aromatic carbocycles. The summed E-state index contributed by atoms with van der Waals surface area (Å²) in [6.45, 7) is 1.79. The lowest BCUT2D eigenvalue weighted by Gasteiger charge is -2.46. The first-order valence-corrected chi connectivity index (χ1v) is 11.7. The van der Waals surface area contributed by atoms with Gasteiger partial charge in [-0.2, -0.15) is 0 Å². The van der Waals surface area contributed by atoms with Gasteiger partial charge in [0, 0.05) is 41.2 Å². The summed E-state index contributed by atoms with van der Waals surface area (Å²) in [6.07, 6.45) is 11.3. The minimum Gasteiger partial charge on any atom is -0.454 e. The molecule has 0 N–H and O–H groups in total. The number of hydrogen-bond acceptors (Lipinski definition) is 4. The van der Waals surface area contributed by atoms with Crippen LogP contribution in [-0.2, 0) is 4.74 Å². The molecule has 5 heteroatoms. The second-order valence-electron chi connectivity index (χ2n) is 9.28. The highest BCUT2D eigenvalue weighted by Crippen LogP contribution is 2.53. The normalized spacial score (nSPS) is 26.5. The van der Waals surface area contributed by atoms with E-state index in [1.165, 1.54) is 11.3 Å². The molecule has 0 amide bonds. The summed E-state index contributed by atoms with van der Waals surface area (Å²) in [7, 11) is 0. The molecule has 0 fully saturated rings. The molecule has 32 heavy (non-hydrogen) atoms. The molecule has 4 aliphatic rings. The monoisotopic (exact) mass is 445 g/mol. The van der Waals surface area contributed by atoms with Crippen molar-refractivity contribution in [3.05, 3.63) is 88.0 Å². The van der Waals surface area contributed by atoms with Gasteiger partial charge in [0.15, 0.2) is 12.4 Å². The number of carbonyl (C=O) groups is 2. The summed E-state index contributed by atoms with van der Waals surface area (Å²) in [4.78, 5) is 28.2. The van der Waals surface area contributed by atoms with Crippen LogP contribution in [0, 0.1) is 11.8 Å². The number of hydrogen-bond donors (Lipinski definition) is 0. The lowest BCUT2D eigenvalue weighted by molar-refractivity contribution is 0.0473. The van der Waals surface area contributed by atoms with Crippen molar-refractivity contribution in [3.63, 3.8) is 0 Å². The third-order valence-electron chi connectivity index (χ3n) is 7.47. The first kappa shape index (κ1) is 19.8. The Labute approximate surface area is 192 Å². The second kappa shape index (κ2) is 7.63. The minimum atomic E-state index is -0.421. The zero-order valence-electron chi connectivity index (χ0n) is 17.7. The molecular formula is C27H24ClNO3. The fourth-order valence-corrected chi connectivity index (χ4v) is 6.11. The quantitative estimate of drug-likeness (QED) is 0.352. The van der Waals surface area contributed by atoms with Gasteiger partial charge in [-0.05, 0) is 66.1 Å². The van der Waals surface area contributed by atoms with Crippen molar-refractivity contribution in [2.75, 3.05) is 24.6 Å². The van der Waals surface area contributed by atoms with Gasteiger partial charge in [-0.3, -0.25) is 4.79 Å². The molecule has 0 bridgehead atoms. The number of benzene rings is 2. The van der Waals surface area contributed by atoms with Crippen LogP contribution in [0.25, 0.3) is 0 Å². The Balaban J connectivity index is 1.33. The molecule has 0 saturated carbocycles. The fourth-order valence-electron chi connectivity index (χ4n) is 5.99. The topological polar surface area (TPSA) is 46.6 Å². The van der Waals surface area contributed by atoms with Crippen LogP contribution in [0.4, 0.5) is 5.69 Å². The van der Waals surface area contributed by atoms with Gasteiger partial charge in [0.25, 0.3) is 0 Å². The van der Waals surface area contributed by atoms with Crippen LogP contribution < -0.4 is 4.90 Å². The molecule has 6 rings (SSSR count). The molecule has 2 aliphatic carbocycles. The maximum absolute atomic E-state index is 13.2. The molecule has 2 aromatic rings. The summed E-state index contributed by atoms with van der Waals surface area (Å²) in [5, 5.41) is 0.565. The molecular weight excluding hydrogens is 422 g/mol. The number of anilines is 1. The number of allylic oxidation sites excluding steroid dienone is 4. The van der Waals surface area contributed by atoms with Crippen LogP contribution in [0.2, 0.25) is 5.02 Å². The van der Waals surface area contributed by atoms with Gasteiger partial charge < -0.3 is 9.64 Å². The van der Waals surface area contributed by atoms with Gasteiger partial charge in [-0.1, -0.05) is 42.0 Å². The van der Waals surface area contributed by atoms with Crippen molar-refractivity contribution in [1.29, 1.82) is 0 Å². The summed E-state index contributed by atoms with van der Waals surface area (Å²) in [5.74, 6) is 1.12. The van der Waals surface area contributed by atoms with Crippen LogP contribution in [0.1, 0.15) is 56.5 Å². The molecule has 0 spiro atoms. The number of carbonyl (C=O) groups excluding carboxylic acids is 2. The number of nitrogens with zero attached hydrogens (tertiary/aromatic N) is 1. The Morgan fingerprint density at radius 1 is 0.938 bits per heavy atom. The summed E-state index contributed by atoms with van der Waals surface area (Å²) in [6, 6.07) is 10.7. The molecule has 0 unspecified atom stereocenters. The zero-order valence-corrected chi connectivity index (χ0v) is 18.4. The third-order valence-corrected chi connectivity index (χ3v) is 7.72. The van der Waals surface area contributed by atoms with Crippen LogP contribution in [-0.4, -0.2) is 31.4 Å². The molecule has 2 aliphatic heterocycles. The molecule has 0 aromatic heterocycles. The molecule has 162 valence electrons. The molecule has 4 nitrogen and oxygen atoms in total. The van der Waals surface area contributed by atoms with Crippen LogP contribution in [0.3, 0.4) is 0 Å². The maximum atomic E-state index is 13.2. The van der Waals surface area contributed by atoms with Gasteiger partial charge in [0.05, 0.1) is 5.56 Å². The van der Waals surface area contributed by atoms with Crippen molar-refractivity contribution in [3.8, 4) is 0 Å². The smallest absolute Gasteiger partial charge is 0.338 e. The van der Waals surface area contributed by atoms with E-state index in [1.807, 2.05) is 6.07 Å². The summed E-state index contributed by atoms with van der Waals surface area (Å²) >= 11 is 5.90. The first-order valence-electron chi connectivity index (χ1n) is 11.3. The minimum absolute atomic E-state index is 0.234. The van der Waals surface area contributed by atoms with E-state index in [4.69, 9.17) is 16.3 Å². The lowest BCUT2D eigenvalue weighted by Crippen LogP contribution is -2.44. The Morgan fingerprint density at radius 2 is 1.62 bits per heavy atom. The SMILES string of the molecule is O=C(COC(=O)c1ccc2c3c1[C@@H]1C=CC[C@H]1CN3C[C@H]1CC=C[C@H]21)c1ccc(Cl)cc1. The van der Waals surface area contributed by atoms with E-state index < -0.39 is 5.97 Å². The highest BCUT2D eigenvalue weighted by atomic mass is 35.5. The van der Waals surface area contributed by atoms with Gasteiger partial charge in [0.1, 0.15) is 0 Å². The molecule has 2 heterocycles. The fraction of sp³-hybridized carbons (Fsp3) is 0.333. The molecule has 0 saturated heterocycles. The van der Waals surface area contributed by atoms with E-state index in [1.54, 1.807) is 24.3 Å². The Kier molecular flexibility index (Phi) is 4.72. The summed E-state index contributed by atoms with van der Waals surface area (Å²) < 4.78 is 5.52. The molecule has 4 atom stereocenters. The Hall–Kier alpha value is -2.85. The molecule has 0 radical (unpaired) electrons. The van der Waals surface area contributed by atoms with Crippen LogP contribution in [0.5, 0.6) is 0 Å². The second-order valence-corrected chi connectivity index (χ2v) is 9.71.